The molecular weight excluding hydrogens is 200 g/mol. The lowest BCUT2D eigenvalue weighted by molar-refractivity contribution is 0.413. The number of methoxy groups -OCH3 is 1. The van der Waals surface area contributed by atoms with Gasteiger partial charge < -0.3 is 10.1 Å². The summed E-state index contributed by atoms with van der Waals surface area (Å²) in [6.45, 7) is 0.963. The Morgan fingerprint density at radius 3 is 3.00 bits per heavy atom. The second kappa shape index (κ2) is 5.54. The number of nitrogens with zero attached hydrogens (tertiary/aromatic N) is 1. The van der Waals surface area contributed by atoms with Crippen molar-refractivity contribution in [1.29, 1.82) is 0 Å². The van der Waals surface area contributed by atoms with E-state index in [0.717, 1.165) is 24.5 Å². The van der Waals surface area contributed by atoms with Crippen LogP contribution in [0.3, 0.4) is 0 Å². The molecule has 3 nitrogen and oxygen atoms in total. The largest absolute Gasteiger partial charge is 0.495 e. The molecule has 0 fully saturated rings. The van der Waals surface area contributed by atoms with Crippen LogP contribution in [0.5, 0.6) is 5.75 Å². The Morgan fingerprint density at radius 2 is 2.38 bits per heavy atom. The van der Waals surface area contributed by atoms with E-state index in [0.29, 0.717) is 0 Å². The van der Waals surface area contributed by atoms with Gasteiger partial charge in [0.1, 0.15) is 11.6 Å². The second-order valence-electron chi connectivity index (χ2n) is 4.01. The summed E-state index contributed by atoms with van der Waals surface area (Å²) in [6, 6.07) is 3.87. The molecule has 0 aromatic carbocycles. The van der Waals surface area contributed by atoms with Gasteiger partial charge >= 0.3 is 0 Å². The van der Waals surface area contributed by atoms with Crippen LogP contribution >= 0.6 is 0 Å². The van der Waals surface area contributed by atoms with Gasteiger partial charge in [0.25, 0.3) is 0 Å². The molecule has 1 N–H and O–H groups in total. The standard InChI is InChI=1S/C13H18N2O/c1-16-12-6-7-13(15-10-12)14-9-8-11-4-2-3-5-11/h4,6-7,10H,2-3,5,8-9H2,1H3,(H,14,15). The average Bonchev–Trinajstić information content (AvgIpc) is 2.83. The third kappa shape index (κ3) is 2.99. The number of ether oxygens (including phenoxy) is 1. The van der Waals surface area contributed by atoms with Crippen LogP contribution in [-0.2, 0) is 0 Å². The summed E-state index contributed by atoms with van der Waals surface area (Å²) in [5, 5.41) is 3.32. The predicted octanol–water partition coefficient (Wildman–Crippen LogP) is 3.00. The van der Waals surface area contributed by atoms with Crippen molar-refractivity contribution in [3.63, 3.8) is 0 Å². The second-order valence-corrected chi connectivity index (χ2v) is 4.01. The SMILES string of the molecule is COc1ccc(NCCC2=CCCC2)nc1. The highest BCUT2D eigenvalue weighted by atomic mass is 16.5. The maximum Gasteiger partial charge on any atom is 0.137 e. The van der Waals surface area contributed by atoms with E-state index in [1.54, 1.807) is 18.9 Å². The van der Waals surface area contributed by atoms with E-state index >= 15 is 0 Å². The van der Waals surface area contributed by atoms with Gasteiger partial charge in [-0.2, -0.15) is 0 Å². The van der Waals surface area contributed by atoms with Gasteiger partial charge in [-0.3, -0.25) is 0 Å². The van der Waals surface area contributed by atoms with Gasteiger partial charge in [-0.25, -0.2) is 4.98 Å². The lowest BCUT2D eigenvalue weighted by atomic mass is 10.2. The van der Waals surface area contributed by atoms with Gasteiger partial charge in [-0.05, 0) is 37.8 Å². The predicted molar refractivity (Wildman–Crippen MR) is 65.8 cm³/mol. The molecule has 0 unspecified atom stereocenters. The quantitative estimate of drug-likeness (QED) is 0.771. The summed E-state index contributed by atoms with van der Waals surface area (Å²) in [6.07, 6.45) is 9.10. The molecule has 1 aliphatic rings. The monoisotopic (exact) mass is 218 g/mol. The summed E-state index contributed by atoms with van der Waals surface area (Å²) < 4.78 is 5.06. The summed E-state index contributed by atoms with van der Waals surface area (Å²) >= 11 is 0. The minimum absolute atomic E-state index is 0.795. The Labute approximate surface area is 96.5 Å². The van der Waals surface area contributed by atoms with E-state index in [-0.39, 0.29) is 0 Å². The molecule has 16 heavy (non-hydrogen) atoms. The zero-order chi connectivity index (χ0) is 11.2. The highest BCUT2D eigenvalue weighted by Crippen LogP contribution is 2.20. The zero-order valence-electron chi connectivity index (χ0n) is 9.70. The minimum atomic E-state index is 0.795. The van der Waals surface area contributed by atoms with Crippen molar-refractivity contribution in [2.75, 3.05) is 19.0 Å². The average molecular weight is 218 g/mol. The molecule has 86 valence electrons. The molecule has 0 bridgehead atoms. The van der Waals surface area contributed by atoms with Crippen molar-refractivity contribution in [3.05, 3.63) is 30.0 Å². The summed E-state index contributed by atoms with van der Waals surface area (Å²) in [5.74, 6) is 1.71. The molecule has 0 atom stereocenters. The highest BCUT2D eigenvalue weighted by Gasteiger charge is 2.03. The number of anilines is 1. The lowest BCUT2D eigenvalue weighted by Crippen LogP contribution is -2.03. The summed E-state index contributed by atoms with van der Waals surface area (Å²) in [4.78, 5) is 4.26. The number of pyridine rings is 1. The van der Waals surface area contributed by atoms with Crippen molar-refractivity contribution < 1.29 is 4.74 Å². The van der Waals surface area contributed by atoms with E-state index in [1.807, 2.05) is 12.1 Å². The van der Waals surface area contributed by atoms with Crippen molar-refractivity contribution >= 4 is 5.82 Å². The Kier molecular flexibility index (Phi) is 3.81. The van der Waals surface area contributed by atoms with E-state index in [2.05, 4.69) is 16.4 Å². The topological polar surface area (TPSA) is 34.1 Å². The fourth-order valence-corrected chi connectivity index (χ4v) is 1.92. The molecule has 1 heterocycles. The van der Waals surface area contributed by atoms with Crippen molar-refractivity contribution in [2.45, 2.75) is 25.7 Å². The van der Waals surface area contributed by atoms with Crippen LogP contribution in [0.1, 0.15) is 25.7 Å². The van der Waals surface area contributed by atoms with Crippen LogP contribution in [0.4, 0.5) is 5.82 Å². The van der Waals surface area contributed by atoms with Crippen LogP contribution < -0.4 is 10.1 Å². The molecular formula is C13H18N2O. The molecule has 0 saturated carbocycles. The molecule has 0 saturated heterocycles. The van der Waals surface area contributed by atoms with Crippen LogP contribution in [0.25, 0.3) is 0 Å². The number of aromatic nitrogens is 1. The summed E-state index contributed by atoms with van der Waals surface area (Å²) in [7, 11) is 1.65. The Hall–Kier alpha value is -1.51. The molecule has 0 radical (unpaired) electrons. The van der Waals surface area contributed by atoms with Crippen LogP contribution in [0, 0.1) is 0 Å². The molecule has 1 aromatic rings. The minimum Gasteiger partial charge on any atom is -0.495 e. The van der Waals surface area contributed by atoms with Crippen molar-refractivity contribution in [3.8, 4) is 5.75 Å². The molecule has 1 aromatic heterocycles. The number of allylic oxidation sites excluding steroid dienone is 1. The molecule has 0 spiro atoms. The first-order chi connectivity index (χ1) is 7.88. The Balaban J connectivity index is 1.76. The first-order valence-corrected chi connectivity index (χ1v) is 5.80. The maximum absolute atomic E-state index is 5.06. The van der Waals surface area contributed by atoms with E-state index in [4.69, 9.17) is 4.74 Å². The van der Waals surface area contributed by atoms with E-state index in [9.17, 15) is 0 Å². The highest BCUT2D eigenvalue weighted by molar-refractivity contribution is 5.37. The molecule has 2 rings (SSSR count). The first kappa shape index (κ1) is 11.0. The third-order valence-corrected chi connectivity index (χ3v) is 2.86. The number of nitrogens with one attached hydrogen (secondary N) is 1. The normalized spacial score (nSPS) is 14.7. The van der Waals surface area contributed by atoms with Gasteiger partial charge in [0.15, 0.2) is 0 Å². The van der Waals surface area contributed by atoms with Gasteiger partial charge in [0.2, 0.25) is 0 Å². The maximum atomic E-state index is 5.06. The first-order valence-electron chi connectivity index (χ1n) is 5.80. The number of hydrogen-bond donors (Lipinski definition) is 1. The molecule has 1 aliphatic carbocycles. The van der Waals surface area contributed by atoms with Gasteiger partial charge in [0, 0.05) is 6.54 Å². The van der Waals surface area contributed by atoms with Gasteiger partial charge in [-0.1, -0.05) is 11.6 Å². The zero-order valence-corrected chi connectivity index (χ0v) is 9.70. The van der Waals surface area contributed by atoms with Crippen molar-refractivity contribution in [1.82, 2.24) is 4.98 Å². The molecule has 0 amide bonds. The van der Waals surface area contributed by atoms with Crippen LogP contribution in [-0.4, -0.2) is 18.6 Å². The summed E-state index contributed by atoms with van der Waals surface area (Å²) in [5.41, 5.74) is 1.58. The number of hydrogen-bond acceptors (Lipinski definition) is 3. The van der Waals surface area contributed by atoms with Crippen LogP contribution in [0.2, 0.25) is 0 Å². The van der Waals surface area contributed by atoms with E-state index < -0.39 is 0 Å². The van der Waals surface area contributed by atoms with Gasteiger partial charge in [0.05, 0.1) is 13.3 Å². The third-order valence-electron chi connectivity index (χ3n) is 2.86. The number of rotatable bonds is 5. The van der Waals surface area contributed by atoms with E-state index in [1.165, 1.54) is 19.3 Å². The lowest BCUT2D eigenvalue weighted by Gasteiger charge is -2.06. The smallest absolute Gasteiger partial charge is 0.137 e. The fourth-order valence-electron chi connectivity index (χ4n) is 1.92. The molecule has 0 aliphatic heterocycles. The molecule has 3 heteroatoms. The fraction of sp³-hybridized carbons (Fsp3) is 0.462. The van der Waals surface area contributed by atoms with Crippen molar-refractivity contribution in [2.24, 2.45) is 0 Å². The Morgan fingerprint density at radius 1 is 1.44 bits per heavy atom. The van der Waals surface area contributed by atoms with Gasteiger partial charge in [-0.15, -0.1) is 0 Å². The van der Waals surface area contributed by atoms with Crippen LogP contribution in [0.15, 0.2) is 30.0 Å². The Bertz CT molecular complexity index is 357.